The largest absolute Gasteiger partial charge is 0.573 e. The van der Waals surface area contributed by atoms with Crippen LogP contribution in [0.4, 0.5) is 24.9 Å². The molecule has 176 valence electrons. The predicted molar refractivity (Wildman–Crippen MR) is 119 cm³/mol. The average Bonchev–Trinajstić information content (AvgIpc) is 2.70. The first-order valence-electron chi connectivity index (χ1n) is 10.0. The molecule has 32 heavy (non-hydrogen) atoms. The lowest BCUT2D eigenvalue weighted by Gasteiger charge is -2.30. The van der Waals surface area contributed by atoms with Crippen molar-refractivity contribution in [3.8, 4) is 5.75 Å². The molecule has 2 N–H and O–H groups in total. The van der Waals surface area contributed by atoms with Gasteiger partial charge in [-0.15, -0.1) is 25.6 Å². The highest BCUT2D eigenvalue weighted by atomic mass is 35.5. The van der Waals surface area contributed by atoms with Crippen LogP contribution < -0.4 is 20.3 Å². The maximum absolute atomic E-state index is 12.4. The summed E-state index contributed by atoms with van der Waals surface area (Å²) in [6, 6.07) is 5.12. The van der Waals surface area contributed by atoms with E-state index in [4.69, 9.17) is 0 Å². The lowest BCUT2D eigenvalue weighted by Crippen LogP contribution is -2.40. The third-order valence-corrected chi connectivity index (χ3v) is 5.11. The summed E-state index contributed by atoms with van der Waals surface area (Å²) in [5.74, 6) is 0.784. The minimum Gasteiger partial charge on any atom is -0.406 e. The second-order valence-corrected chi connectivity index (χ2v) is 7.83. The van der Waals surface area contributed by atoms with Crippen molar-refractivity contribution in [2.75, 3.05) is 24.3 Å². The lowest BCUT2D eigenvalue weighted by atomic mass is 9.91. The van der Waals surface area contributed by atoms with E-state index in [2.05, 4.69) is 25.3 Å². The summed E-state index contributed by atoms with van der Waals surface area (Å²) in [5, 5.41) is 6.32. The Hall–Kier alpha value is -2.75. The molecule has 1 aliphatic carbocycles. The zero-order chi connectivity index (χ0) is 22.6. The number of aryl methyl sites for hydroxylation is 1. The van der Waals surface area contributed by atoms with Gasteiger partial charge in [0.2, 0.25) is 5.95 Å². The van der Waals surface area contributed by atoms with Crippen LogP contribution in [-0.4, -0.2) is 48.4 Å². The minimum atomic E-state index is -4.76. The number of anilines is 2. The van der Waals surface area contributed by atoms with E-state index in [1.165, 1.54) is 12.1 Å². The van der Waals surface area contributed by atoms with Crippen molar-refractivity contribution >= 4 is 30.1 Å². The lowest BCUT2D eigenvalue weighted by molar-refractivity contribution is -0.274. The first kappa shape index (κ1) is 25.5. The van der Waals surface area contributed by atoms with Crippen molar-refractivity contribution in [2.45, 2.75) is 51.1 Å². The second kappa shape index (κ2) is 10.7. The van der Waals surface area contributed by atoms with Crippen LogP contribution in [0.25, 0.3) is 0 Å². The van der Waals surface area contributed by atoms with Gasteiger partial charge in [-0.3, -0.25) is 4.79 Å². The molecule has 0 aliphatic heterocycles. The molecule has 0 atom stereocenters. The predicted octanol–water partition coefficient (Wildman–Crippen LogP) is 4.32. The number of nitrogens with one attached hydrogen (secondary N) is 2. The van der Waals surface area contributed by atoms with E-state index in [-0.39, 0.29) is 36.1 Å². The fraction of sp³-hybridized carbons (Fsp3) is 0.476. The molecular weight excluding hydrogens is 447 g/mol. The molecule has 0 bridgehead atoms. The molecule has 0 spiro atoms. The molecule has 0 radical (unpaired) electrons. The molecule has 11 heteroatoms. The van der Waals surface area contributed by atoms with E-state index >= 15 is 0 Å². The number of amides is 1. The highest BCUT2D eigenvalue weighted by Gasteiger charge is 2.31. The van der Waals surface area contributed by atoms with E-state index in [9.17, 15) is 18.0 Å². The average molecular weight is 474 g/mol. The van der Waals surface area contributed by atoms with Gasteiger partial charge in [0.25, 0.3) is 5.91 Å². The van der Waals surface area contributed by atoms with Gasteiger partial charge in [-0.1, -0.05) is 0 Å². The second-order valence-electron chi connectivity index (χ2n) is 7.83. The molecule has 1 aromatic heterocycles. The first-order chi connectivity index (χ1) is 14.6. The number of alkyl halides is 3. The van der Waals surface area contributed by atoms with Crippen LogP contribution in [0.15, 0.2) is 30.5 Å². The Morgan fingerprint density at radius 2 is 1.69 bits per heavy atom. The molecule has 0 saturated heterocycles. The van der Waals surface area contributed by atoms with Gasteiger partial charge in [0.15, 0.2) is 0 Å². The molecule has 1 fully saturated rings. The number of benzene rings is 1. The van der Waals surface area contributed by atoms with Crippen molar-refractivity contribution in [2.24, 2.45) is 0 Å². The van der Waals surface area contributed by atoms with E-state index in [0.29, 0.717) is 11.5 Å². The number of ether oxygens (including phenoxy) is 1. The standard InChI is InChI=1S/C21H26F3N5O2.ClH/c1-13-12-25-20(28-18(13)29(2)3)27-16-8-6-15(7-9-16)26-19(30)14-4-10-17(11-5-14)31-21(22,23)24;/h4-5,10-12,15-16H,6-9H2,1-3H3,(H,26,30)(H,25,27,28);1H. The van der Waals surface area contributed by atoms with Gasteiger partial charge in [0.05, 0.1) is 0 Å². The zero-order valence-corrected chi connectivity index (χ0v) is 18.9. The van der Waals surface area contributed by atoms with Gasteiger partial charge >= 0.3 is 6.36 Å². The Labute approximate surface area is 191 Å². The van der Waals surface area contributed by atoms with Gasteiger partial charge in [-0.25, -0.2) is 4.98 Å². The summed E-state index contributed by atoms with van der Waals surface area (Å²) >= 11 is 0. The summed E-state index contributed by atoms with van der Waals surface area (Å²) in [4.78, 5) is 23.2. The smallest absolute Gasteiger partial charge is 0.406 e. The number of hydrogen-bond donors (Lipinski definition) is 2. The van der Waals surface area contributed by atoms with Crippen LogP contribution in [-0.2, 0) is 0 Å². The topological polar surface area (TPSA) is 79.4 Å². The monoisotopic (exact) mass is 473 g/mol. The third kappa shape index (κ3) is 7.15. The van der Waals surface area contributed by atoms with Gasteiger partial charge in [0, 0.05) is 43.5 Å². The van der Waals surface area contributed by atoms with Crippen LogP contribution in [0.2, 0.25) is 0 Å². The summed E-state index contributed by atoms with van der Waals surface area (Å²) in [6.45, 7) is 1.96. The Morgan fingerprint density at radius 3 is 2.25 bits per heavy atom. The fourth-order valence-electron chi connectivity index (χ4n) is 3.60. The number of nitrogens with zero attached hydrogens (tertiary/aromatic N) is 3. The van der Waals surface area contributed by atoms with Crippen LogP contribution in [0.5, 0.6) is 5.75 Å². The molecule has 1 saturated carbocycles. The van der Waals surface area contributed by atoms with Crippen LogP contribution >= 0.6 is 12.4 Å². The molecular formula is C21H27ClF3N5O2. The zero-order valence-electron chi connectivity index (χ0n) is 18.1. The van der Waals surface area contributed by atoms with Crippen molar-refractivity contribution in [3.05, 3.63) is 41.6 Å². The summed E-state index contributed by atoms with van der Waals surface area (Å²) in [6.07, 6.45) is 0.293. The van der Waals surface area contributed by atoms with E-state index in [1.54, 1.807) is 6.20 Å². The molecule has 3 rings (SSSR count). The van der Waals surface area contributed by atoms with Gasteiger partial charge in [-0.05, 0) is 56.9 Å². The fourth-order valence-corrected chi connectivity index (χ4v) is 3.60. The number of hydrogen-bond acceptors (Lipinski definition) is 6. The van der Waals surface area contributed by atoms with E-state index in [1.807, 2.05) is 25.9 Å². The SMILES string of the molecule is Cc1cnc(NC2CCC(NC(=O)c3ccc(OC(F)(F)F)cc3)CC2)nc1N(C)C.Cl. The highest BCUT2D eigenvalue weighted by Crippen LogP contribution is 2.24. The molecule has 2 aromatic rings. The maximum Gasteiger partial charge on any atom is 0.573 e. The van der Waals surface area contributed by atoms with Gasteiger partial charge in [-0.2, -0.15) is 4.98 Å². The summed E-state index contributed by atoms with van der Waals surface area (Å²) in [5.41, 5.74) is 1.29. The number of aromatic nitrogens is 2. The van der Waals surface area contributed by atoms with Gasteiger partial charge in [0.1, 0.15) is 11.6 Å². The maximum atomic E-state index is 12.4. The minimum absolute atomic E-state index is 0. The van der Waals surface area contributed by atoms with Crippen molar-refractivity contribution < 1.29 is 22.7 Å². The Morgan fingerprint density at radius 1 is 1.09 bits per heavy atom. The van der Waals surface area contributed by atoms with Crippen molar-refractivity contribution in [1.82, 2.24) is 15.3 Å². The van der Waals surface area contributed by atoms with Crippen LogP contribution in [0.3, 0.4) is 0 Å². The first-order valence-corrected chi connectivity index (χ1v) is 10.0. The quantitative estimate of drug-likeness (QED) is 0.650. The van der Waals surface area contributed by atoms with Crippen molar-refractivity contribution in [1.29, 1.82) is 0 Å². The Bertz CT molecular complexity index is 901. The van der Waals surface area contributed by atoms with Crippen LogP contribution in [0, 0.1) is 6.92 Å². The number of rotatable bonds is 6. The Kier molecular flexibility index (Phi) is 8.54. The van der Waals surface area contributed by atoms with Gasteiger partial charge < -0.3 is 20.3 Å². The molecule has 0 unspecified atom stereocenters. The molecule has 1 aliphatic rings. The summed E-state index contributed by atoms with van der Waals surface area (Å²) < 4.78 is 40.5. The number of halogens is 4. The third-order valence-electron chi connectivity index (χ3n) is 5.11. The van der Waals surface area contributed by atoms with Crippen molar-refractivity contribution in [3.63, 3.8) is 0 Å². The molecule has 1 aromatic carbocycles. The Balaban J connectivity index is 0.00000363. The molecule has 1 amide bonds. The summed E-state index contributed by atoms with van der Waals surface area (Å²) in [7, 11) is 3.87. The van der Waals surface area contributed by atoms with Crippen LogP contribution in [0.1, 0.15) is 41.6 Å². The number of carbonyl (C=O) groups excluding carboxylic acids is 1. The molecule has 7 nitrogen and oxygen atoms in total. The van der Waals surface area contributed by atoms with E-state index in [0.717, 1.165) is 49.2 Å². The van der Waals surface area contributed by atoms with E-state index < -0.39 is 6.36 Å². The number of carbonyl (C=O) groups is 1. The normalized spacial score (nSPS) is 18.3. The molecule has 1 heterocycles. The highest BCUT2D eigenvalue weighted by molar-refractivity contribution is 5.94.